The largest absolute Gasteiger partial charge is 0.376 e. The summed E-state index contributed by atoms with van der Waals surface area (Å²) < 4.78 is 5.86. The van der Waals surface area contributed by atoms with Crippen LogP contribution in [0.1, 0.15) is 60.3 Å². The Morgan fingerprint density at radius 2 is 1.70 bits per heavy atom. The summed E-state index contributed by atoms with van der Waals surface area (Å²) in [5.74, 6) is 0. The first-order valence-electron chi connectivity index (χ1n) is 8.29. The summed E-state index contributed by atoms with van der Waals surface area (Å²) >= 11 is 0. The minimum absolute atomic E-state index is 0.169. The van der Waals surface area contributed by atoms with E-state index in [9.17, 15) is 0 Å². The van der Waals surface area contributed by atoms with Gasteiger partial charge in [0.25, 0.3) is 0 Å². The molecule has 2 rings (SSSR count). The van der Waals surface area contributed by atoms with Crippen molar-refractivity contribution < 1.29 is 4.74 Å². The van der Waals surface area contributed by atoms with Crippen LogP contribution in [0.4, 0.5) is 0 Å². The maximum atomic E-state index is 6.32. The van der Waals surface area contributed by atoms with E-state index in [2.05, 4.69) is 39.5 Å². The van der Waals surface area contributed by atoms with E-state index in [1.165, 1.54) is 19.3 Å². The molecular weight excluding hydrogens is 248 g/mol. The quantitative estimate of drug-likeness (QED) is 0.864. The van der Waals surface area contributed by atoms with E-state index >= 15 is 0 Å². The minimum atomic E-state index is 0.169. The summed E-state index contributed by atoms with van der Waals surface area (Å²) in [4.78, 5) is 2.66. The Morgan fingerprint density at radius 3 is 2.20 bits per heavy atom. The number of nitrogens with zero attached hydrogens (tertiary/aromatic N) is 1. The molecule has 0 aromatic heterocycles. The van der Waals surface area contributed by atoms with E-state index in [1.807, 2.05) is 0 Å². The molecule has 0 spiro atoms. The van der Waals surface area contributed by atoms with Crippen LogP contribution >= 0.6 is 0 Å². The maximum Gasteiger partial charge on any atom is 0.0700 e. The highest BCUT2D eigenvalue weighted by Crippen LogP contribution is 2.52. The van der Waals surface area contributed by atoms with Crippen LogP contribution in [0.15, 0.2) is 0 Å². The summed E-state index contributed by atoms with van der Waals surface area (Å²) in [5.41, 5.74) is 7.24. The number of nitrogens with two attached hydrogens (primary N) is 1. The zero-order chi connectivity index (χ0) is 15.0. The first-order valence-corrected chi connectivity index (χ1v) is 8.29. The highest BCUT2D eigenvalue weighted by atomic mass is 16.5. The third-order valence-electron chi connectivity index (χ3n) is 5.22. The molecule has 1 saturated heterocycles. The van der Waals surface area contributed by atoms with Gasteiger partial charge < -0.3 is 10.5 Å². The Labute approximate surface area is 125 Å². The van der Waals surface area contributed by atoms with Crippen molar-refractivity contribution in [2.45, 2.75) is 71.9 Å². The van der Waals surface area contributed by atoms with Gasteiger partial charge in [-0.2, -0.15) is 0 Å². The van der Waals surface area contributed by atoms with Crippen LogP contribution in [0, 0.1) is 10.8 Å². The molecule has 2 fully saturated rings. The molecule has 3 nitrogen and oxygen atoms in total. The fourth-order valence-corrected chi connectivity index (χ4v) is 5.16. The molecule has 1 saturated carbocycles. The van der Waals surface area contributed by atoms with E-state index in [0.717, 1.165) is 32.7 Å². The van der Waals surface area contributed by atoms with Gasteiger partial charge in [-0.25, -0.2) is 0 Å². The second-order valence-corrected chi connectivity index (χ2v) is 8.63. The van der Waals surface area contributed by atoms with Crippen molar-refractivity contribution >= 4 is 0 Å². The molecule has 0 aromatic rings. The SMILES string of the molecule is CCC1CN(C2(CN)CC(C)(C)CC(C)(C)C2)CCO1. The molecule has 1 heterocycles. The molecule has 1 aliphatic heterocycles. The van der Waals surface area contributed by atoms with E-state index in [-0.39, 0.29) is 5.54 Å². The molecule has 1 unspecified atom stereocenters. The van der Waals surface area contributed by atoms with Gasteiger partial charge in [-0.3, -0.25) is 4.90 Å². The molecule has 2 aliphatic rings. The number of hydrogen-bond acceptors (Lipinski definition) is 3. The molecular formula is C17H34N2O. The van der Waals surface area contributed by atoms with Gasteiger partial charge in [-0.1, -0.05) is 34.6 Å². The van der Waals surface area contributed by atoms with Gasteiger partial charge in [0.1, 0.15) is 0 Å². The Balaban J connectivity index is 2.23. The summed E-state index contributed by atoms with van der Waals surface area (Å²) in [6.45, 7) is 15.6. The molecule has 3 heteroatoms. The Morgan fingerprint density at radius 1 is 1.10 bits per heavy atom. The van der Waals surface area contributed by atoms with Gasteiger partial charge in [0.15, 0.2) is 0 Å². The zero-order valence-corrected chi connectivity index (χ0v) is 14.2. The molecule has 1 atom stereocenters. The predicted octanol–water partition coefficient (Wildman–Crippen LogP) is 3.03. The molecule has 0 bridgehead atoms. The lowest BCUT2D eigenvalue weighted by atomic mass is 9.57. The van der Waals surface area contributed by atoms with Gasteiger partial charge in [-0.15, -0.1) is 0 Å². The van der Waals surface area contributed by atoms with Crippen molar-refractivity contribution in [3.8, 4) is 0 Å². The first kappa shape index (κ1) is 16.3. The fourth-order valence-electron chi connectivity index (χ4n) is 5.16. The maximum absolute atomic E-state index is 6.32. The van der Waals surface area contributed by atoms with E-state index < -0.39 is 0 Å². The number of morpholine rings is 1. The first-order chi connectivity index (χ1) is 9.22. The molecule has 2 N–H and O–H groups in total. The van der Waals surface area contributed by atoms with Gasteiger partial charge >= 0.3 is 0 Å². The molecule has 118 valence electrons. The molecule has 1 aliphatic carbocycles. The number of hydrogen-bond donors (Lipinski definition) is 1. The lowest BCUT2D eigenvalue weighted by Crippen LogP contribution is -2.64. The van der Waals surface area contributed by atoms with Crippen LogP contribution in [0.5, 0.6) is 0 Å². The van der Waals surface area contributed by atoms with Crippen molar-refractivity contribution in [1.29, 1.82) is 0 Å². The van der Waals surface area contributed by atoms with Crippen LogP contribution < -0.4 is 5.73 Å². The van der Waals surface area contributed by atoms with E-state index in [1.54, 1.807) is 0 Å². The van der Waals surface area contributed by atoms with Crippen molar-refractivity contribution in [2.24, 2.45) is 16.6 Å². The second kappa shape index (κ2) is 5.58. The van der Waals surface area contributed by atoms with Gasteiger partial charge in [0.05, 0.1) is 12.7 Å². The van der Waals surface area contributed by atoms with Gasteiger partial charge in [-0.05, 0) is 36.5 Å². The van der Waals surface area contributed by atoms with E-state index in [0.29, 0.717) is 16.9 Å². The standard InChI is InChI=1S/C17H34N2O/c1-6-14-9-19(7-8-20-14)17(13-18)11-15(2,3)10-16(4,5)12-17/h14H,6-13,18H2,1-5H3. The van der Waals surface area contributed by atoms with Crippen molar-refractivity contribution in [2.75, 3.05) is 26.2 Å². The topological polar surface area (TPSA) is 38.5 Å². The fraction of sp³-hybridized carbons (Fsp3) is 1.00. The smallest absolute Gasteiger partial charge is 0.0700 e. The lowest BCUT2D eigenvalue weighted by Gasteiger charge is -2.57. The van der Waals surface area contributed by atoms with Crippen molar-refractivity contribution in [3.63, 3.8) is 0 Å². The lowest BCUT2D eigenvalue weighted by molar-refractivity contribution is -0.109. The highest BCUT2D eigenvalue weighted by Gasteiger charge is 2.50. The highest BCUT2D eigenvalue weighted by molar-refractivity contribution is 5.05. The average molecular weight is 282 g/mol. The van der Waals surface area contributed by atoms with Crippen LogP contribution in [-0.4, -0.2) is 42.8 Å². The molecule has 0 amide bonds. The normalized spacial score (nSPS) is 33.0. The zero-order valence-electron chi connectivity index (χ0n) is 14.2. The summed E-state index contributed by atoms with van der Waals surface area (Å²) in [6, 6.07) is 0. The van der Waals surface area contributed by atoms with Gasteiger partial charge in [0, 0.05) is 25.2 Å². The van der Waals surface area contributed by atoms with Crippen LogP contribution in [0.2, 0.25) is 0 Å². The third kappa shape index (κ3) is 3.37. The average Bonchev–Trinajstić information content (AvgIpc) is 2.35. The van der Waals surface area contributed by atoms with Crippen molar-refractivity contribution in [3.05, 3.63) is 0 Å². The molecule has 0 aromatic carbocycles. The van der Waals surface area contributed by atoms with E-state index in [4.69, 9.17) is 10.5 Å². The number of rotatable bonds is 3. The van der Waals surface area contributed by atoms with Crippen LogP contribution in [0.3, 0.4) is 0 Å². The van der Waals surface area contributed by atoms with Crippen LogP contribution in [0.25, 0.3) is 0 Å². The van der Waals surface area contributed by atoms with Crippen molar-refractivity contribution in [1.82, 2.24) is 4.90 Å². The Kier molecular flexibility index (Phi) is 4.54. The summed E-state index contributed by atoms with van der Waals surface area (Å²) in [6.07, 6.45) is 5.22. The predicted molar refractivity (Wildman–Crippen MR) is 84.8 cm³/mol. The Hall–Kier alpha value is -0.120. The molecule has 20 heavy (non-hydrogen) atoms. The van der Waals surface area contributed by atoms with Crippen LogP contribution in [-0.2, 0) is 4.74 Å². The van der Waals surface area contributed by atoms with Gasteiger partial charge in [0.2, 0.25) is 0 Å². The monoisotopic (exact) mass is 282 g/mol. The Bertz CT molecular complexity index is 322. The number of ether oxygens (including phenoxy) is 1. The summed E-state index contributed by atoms with van der Waals surface area (Å²) in [7, 11) is 0. The second-order valence-electron chi connectivity index (χ2n) is 8.63. The summed E-state index contributed by atoms with van der Waals surface area (Å²) in [5, 5.41) is 0. The minimum Gasteiger partial charge on any atom is -0.376 e. The molecule has 0 radical (unpaired) electrons. The third-order valence-corrected chi connectivity index (χ3v) is 5.22.